The van der Waals surface area contributed by atoms with Crippen molar-refractivity contribution in [3.8, 4) is 0 Å². The molecule has 136 valence electrons. The molecule has 4 rings (SSSR count). The van der Waals surface area contributed by atoms with E-state index in [1.165, 1.54) is 0 Å². The fraction of sp³-hybridized carbons (Fsp3) is 0.200. The molecule has 0 radical (unpaired) electrons. The molecule has 2 aromatic heterocycles. The fourth-order valence-electron chi connectivity index (χ4n) is 3.05. The standard InChI is InChI=1S/C20H17N3O4/c1-3-23-16-9-8-13(10-15(16)21-22-23)20(25)26-11-17(24)19-12(2)14-6-4-5-7-18(14)27-19/h4-10H,3,11H2,1-2H3. The van der Waals surface area contributed by atoms with Gasteiger partial charge in [0.05, 0.1) is 11.1 Å². The molecule has 0 spiro atoms. The highest BCUT2D eigenvalue weighted by Crippen LogP contribution is 2.25. The predicted molar refractivity (Wildman–Crippen MR) is 98.8 cm³/mol. The first-order valence-corrected chi connectivity index (χ1v) is 8.60. The predicted octanol–water partition coefficient (Wildman–Crippen LogP) is 3.55. The first kappa shape index (κ1) is 17.0. The largest absolute Gasteiger partial charge is 0.454 e. The lowest BCUT2D eigenvalue weighted by Crippen LogP contribution is -2.14. The molecule has 7 heteroatoms. The van der Waals surface area contributed by atoms with Gasteiger partial charge in [-0.3, -0.25) is 4.79 Å². The zero-order chi connectivity index (χ0) is 19.0. The van der Waals surface area contributed by atoms with Crippen molar-refractivity contribution in [2.24, 2.45) is 0 Å². The van der Waals surface area contributed by atoms with Crippen molar-refractivity contribution in [1.82, 2.24) is 15.0 Å². The van der Waals surface area contributed by atoms with Crippen molar-refractivity contribution in [2.75, 3.05) is 6.61 Å². The number of para-hydroxylation sites is 1. The summed E-state index contributed by atoms with van der Waals surface area (Å²) >= 11 is 0. The molecule has 7 nitrogen and oxygen atoms in total. The van der Waals surface area contributed by atoms with Gasteiger partial charge in [0.2, 0.25) is 5.78 Å². The zero-order valence-corrected chi connectivity index (χ0v) is 14.9. The van der Waals surface area contributed by atoms with Crippen molar-refractivity contribution < 1.29 is 18.7 Å². The van der Waals surface area contributed by atoms with E-state index < -0.39 is 5.97 Å². The molecule has 0 amide bonds. The third-order valence-corrected chi connectivity index (χ3v) is 4.48. The molecule has 0 fully saturated rings. The van der Waals surface area contributed by atoms with Gasteiger partial charge in [0.15, 0.2) is 12.4 Å². The number of benzene rings is 2. The van der Waals surface area contributed by atoms with Crippen LogP contribution in [0, 0.1) is 6.92 Å². The minimum Gasteiger partial charge on any atom is -0.454 e. The van der Waals surface area contributed by atoms with E-state index in [1.807, 2.05) is 32.0 Å². The summed E-state index contributed by atoms with van der Waals surface area (Å²) in [7, 11) is 0. The van der Waals surface area contributed by atoms with E-state index in [-0.39, 0.29) is 18.2 Å². The van der Waals surface area contributed by atoms with Crippen LogP contribution >= 0.6 is 0 Å². The molecule has 0 bridgehead atoms. The summed E-state index contributed by atoms with van der Waals surface area (Å²) in [5, 5.41) is 8.91. The Hall–Kier alpha value is -3.48. The second-order valence-corrected chi connectivity index (χ2v) is 6.16. The van der Waals surface area contributed by atoms with Crippen LogP contribution < -0.4 is 0 Å². The number of esters is 1. The van der Waals surface area contributed by atoms with Gasteiger partial charge < -0.3 is 9.15 Å². The number of ketones is 1. The summed E-state index contributed by atoms with van der Waals surface area (Å²) < 4.78 is 12.5. The molecule has 2 heterocycles. The number of carbonyl (C=O) groups is 2. The molecule has 0 aliphatic carbocycles. The molecule has 0 aliphatic rings. The van der Waals surface area contributed by atoms with Gasteiger partial charge in [-0.25, -0.2) is 9.48 Å². The average Bonchev–Trinajstić information content (AvgIpc) is 3.26. The molecule has 0 saturated heterocycles. The number of fused-ring (bicyclic) bond motifs is 2. The van der Waals surface area contributed by atoms with E-state index in [0.29, 0.717) is 23.2 Å². The molecule has 27 heavy (non-hydrogen) atoms. The number of rotatable bonds is 5. The van der Waals surface area contributed by atoms with Crippen LogP contribution in [-0.2, 0) is 11.3 Å². The molecule has 0 N–H and O–H groups in total. The van der Waals surface area contributed by atoms with Gasteiger partial charge in [0.1, 0.15) is 11.1 Å². The smallest absolute Gasteiger partial charge is 0.338 e. The Morgan fingerprint density at radius 2 is 2.00 bits per heavy atom. The van der Waals surface area contributed by atoms with Gasteiger partial charge in [-0.15, -0.1) is 5.10 Å². The third-order valence-electron chi connectivity index (χ3n) is 4.48. The number of hydrogen-bond acceptors (Lipinski definition) is 6. The summed E-state index contributed by atoms with van der Waals surface area (Å²) in [6.45, 7) is 4.07. The van der Waals surface area contributed by atoms with Gasteiger partial charge >= 0.3 is 5.97 Å². The maximum absolute atomic E-state index is 12.4. The van der Waals surface area contributed by atoms with Crippen LogP contribution in [0.3, 0.4) is 0 Å². The number of carbonyl (C=O) groups excluding carboxylic acids is 2. The van der Waals surface area contributed by atoms with Crippen molar-refractivity contribution in [3.05, 3.63) is 59.4 Å². The summed E-state index contributed by atoms with van der Waals surface area (Å²) in [4.78, 5) is 24.7. The molecular weight excluding hydrogens is 346 g/mol. The number of aromatic nitrogens is 3. The molecule has 0 unspecified atom stereocenters. The molecule has 0 saturated carbocycles. The highest BCUT2D eigenvalue weighted by Gasteiger charge is 2.19. The number of ether oxygens (including phenoxy) is 1. The number of hydrogen-bond donors (Lipinski definition) is 0. The minimum absolute atomic E-state index is 0.213. The van der Waals surface area contributed by atoms with E-state index in [2.05, 4.69) is 10.3 Å². The summed E-state index contributed by atoms with van der Waals surface area (Å²) in [5.41, 5.74) is 3.13. The average molecular weight is 363 g/mol. The molecular formula is C20H17N3O4. The van der Waals surface area contributed by atoms with E-state index in [1.54, 1.807) is 28.9 Å². The number of Topliss-reactive ketones (excluding diaryl/α,β-unsaturated/α-hetero) is 1. The van der Waals surface area contributed by atoms with Crippen molar-refractivity contribution in [3.63, 3.8) is 0 Å². The highest BCUT2D eigenvalue weighted by atomic mass is 16.5. The zero-order valence-electron chi connectivity index (χ0n) is 14.9. The lowest BCUT2D eigenvalue weighted by atomic mass is 10.1. The Balaban J connectivity index is 1.49. The summed E-state index contributed by atoms with van der Waals surface area (Å²) in [5.74, 6) is -0.759. The topological polar surface area (TPSA) is 87.2 Å². The highest BCUT2D eigenvalue weighted by molar-refractivity contribution is 6.02. The van der Waals surface area contributed by atoms with Crippen LogP contribution in [0.1, 0.15) is 33.4 Å². The second kappa shape index (κ2) is 6.68. The van der Waals surface area contributed by atoms with Crippen LogP contribution in [0.5, 0.6) is 0 Å². The first-order chi connectivity index (χ1) is 13.1. The van der Waals surface area contributed by atoms with Crippen LogP contribution in [0.15, 0.2) is 46.9 Å². The van der Waals surface area contributed by atoms with Gasteiger partial charge in [0, 0.05) is 17.5 Å². The number of nitrogens with zero attached hydrogens (tertiary/aromatic N) is 3. The maximum Gasteiger partial charge on any atom is 0.338 e. The fourth-order valence-corrected chi connectivity index (χ4v) is 3.05. The van der Waals surface area contributed by atoms with Crippen LogP contribution in [0.25, 0.3) is 22.0 Å². The second-order valence-electron chi connectivity index (χ2n) is 6.16. The normalized spacial score (nSPS) is 11.2. The maximum atomic E-state index is 12.4. The Kier molecular flexibility index (Phi) is 4.19. The summed E-state index contributed by atoms with van der Waals surface area (Å²) in [6.07, 6.45) is 0. The van der Waals surface area contributed by atoms with Crippen LogP contribution in [0.4, 0.5) is 0 Å². The Labute approximate surface area is 154 Å². The van der Waals surface area contributed by atoms with Gasteiger partial charge in [-0.05, 0) is 38.1 Å². The first-order valence-electron chi connectivity index (χ1n) is 8.60. The lowest BCUT2D eigenvalue weighted by molar-refractivity contribution is 0.0468. The van der Waals surface area contributed by atoms with E-state index in [4.69, 9.17) is 9.15 Å². The SMILES string of the molecule is CCn1nnc2cc(C(=O)OCC(=O)c3oc4ccccc4c3C)ccc21. The molecule has 4 aromatic rings. The van der Waals surface area contributed by atoms with Crippen molar-refractivity contribution in [2.45, 2.75) is 20.4 Å². The minimum atomic E-state index is -0.593. The van der Waals surface area contributed by atoms with Crippen LogP contribution in [-0.4, -0.2) is 33.4 Å². The monoisotopic (exact) mass is 363 g/mol. The number of aryl methyl sites for hydroxylation is 2. The van der Waals surface area contributed by atoms with E-state index in [9.17, 15) is 9.59 Å². The molecule has 0 aliphatic heterocycles. The van der Waals surface area contributed by atoms with E-state index in [0.717, 1.165) is 16.5 Å². The van der Waals surface area contributed by atoms with Gasteiger partial charge in [-0.2, -0.15) is 0 Å². The lowest BCUT2D eigenvalue weighted by Gasteiger charge is -2.04. The van der Waals surface area contributed by atoms with Gasteiger partial charge in [-0.1, -0.05) is 23.4 Å². The number of furan rings is 1. The van der Waals surface area contributed by atoms with Gasteiger partial charge in [0.25, 0.3) is 0 Å². The molecule has 0 atom stereocenters. The van der Waals surface area contributed by atoms with Crippen LogP contribution in [0.2, 0.25) is 0 Å². The molecule has 2 aromatic carbocycles. The third kappa shape index (κ3) is 2.97. The van der Waals surface area contributed by atoms with Crippen molar-refractivity contribution in [1.29, 1.82) is 0 Å². The Bertz CT molecular complexity index is 1170. The van der Waals surface area contributed by atoms with Crippen molar-refractivity contribution >= 4 is 33.8 Å². The quantitative estimate of drug-likeness (QED) is 0.398. The summed E-state index contributed by atoms with van der Waals surface area (Å²) in [6, 6.07) is 12.4. The Morgan fingerprint density at radius 1 is 1.19 bits per heavy atom. The Morgan fingerprint density at radius 3 is 2.78 bits per heavy atom. The van der Waals surface area contributed by atoms with E-state index >= 15 is 0 Å².